The molecular formula is C14H21BrN2O3S. The van der Waals surface area contributed by atoms with Crippen LogP contribution in [-0.2, 0) is 21.3 Å². The third-order valence-corrected chi connectivity index (χ3v) is 5.99. The van der Waals surface area contributed by atoms with Crippen molar-refractivity contribution in [2.75, 3.05) is 26.8 Å². The second kappa shape index (κ2) is 7.19. The molecule has 0 saturated carbocycles. The molecule has 7 heteroatoms. The Kier molecular flexibility index (Phi) is 5.79. The van der Waals surface area contributed by atoms with E-state index in [2.05, 4.69) is 26.0 Å². The molecule has 0 spiro atoms. The van der Waals surface area contributed by atoms with Gasteiger partial charge in [-0.25, -0.2) is 13.1 Å². The van der Waals surface area contributed by atoms with Crippen LogP contribution < -0.4 is 10.0 Å². The zero-order valence-electron chi connectivity index (χ0n) is 12.3. The zero-order valence-corrected chi connectivity index (χ0v) is 14.7. The summed E-state index contributed by atoms with van der Waals surface area (Å²) < 4.78 is 33.8. The zero-order chi connectivity index (χ0) is 15.5. The minimum absolute atomic E-state index is 0.268. The lowest BCUT2D eigenvalue weighted by atomic mass is 10.1. The molecule has 1 atom stereocenters. The molecule has 2 N–H and O–H groups in total. The van der Waals surface area contributed by atoms with Crippen LogP contribution in [0, 0.1) is 12.8 Å². The van der Waals surface area contributed by atoms with Gasteiger partial charge in [0, 0.05) is 24.2 Å². The lowest BCUT2D eigenvalue weighted by Gasteiger charge is -2.14. The molecule has 2 rings (SSSR count). The Labute approximate surface area is 134 Å². The van der Waals surface area contributed by atoms with Gasteiger partial charge >= 0.3 is 0 Å². The van der Waals surface area contributed by atoms with E-state index in [0.29, 0.717) is 31.2 Å². The van der Waals surface area contributed by atoms with Gasteiger partial charge in [0.25, 0.3) is 0 Å². The van der Waals surface area contributed by atoms with Crippen LogP contribution in [0.4, 0.5) is 0 Å². The number of halogens is 1. The minimum Gasteiger partial charge on any atom is -0.381 e. The monoisotopic (exact) mass is 376 g/mol. The fourth-order valence-corrected chi connectivity index (χ4v) is 4.41. The second-order valence-electron chi connectivity index (χ2n) is 5.31. The maximum atomic E-state index is 12.5. The van der Waals surface area contributed by atoms with Gasteiger partial charge in [-0.1, -0.05) is 15.9 Å². The van der Waals surface area contributed by atoms with Crippen LogP contribution in [0.3, 0.4) is 0 Å². The molecule has 21 heavy (non-hydrogen) atoms. The first-order chi connectivity index (χ1) is 9.94. The van der Waals surface area contributed by atoms with Crippen molar-refractivity contribution in [3.8, 4) is 0 Å². The van der Waals surface area contributed by atoms with Gasteiger partial charge in [-0.3, -0.25) is 0 Å². The molecule has 0 radical (unpaired) electrons. The largest absolute Gasteiger partial charge is 0.381 e. The molecule has 1 aliphatic rings. The number of ether oxygens (including phenoxy) is 1. The van der Waals surface area contributed by atoms with Gasteiger partial charge in [-0.05, 0) is 49.6 Å². The van der Waals surface area contributed by atoms with Crippen LogP contribution in [-0.4, -0.2) is 35.2 Å². The van der Waals surface area contributed by atoms with Gasteiger partial charge < -0.3 is 10.1 Å². The third kappa shape index (κ3) is 4.26. The molecule has 1 aromatic carbocycles. The first-order valence-corrected chi connectivity index (χ1v) is 9.22. The molecule has 0 aromatic heterocycles. The molecule has 1 saturated heterocycles. The van der Waals surface area contributed by atoms with Crippen molar-refractivity contribution in [3.05, 3.63) is 27.7 Å². The Morgan fingerprint density at radius 1 is 1.43 bits per heavy atom. The average molecular weight is 377 g/mol. The fraction of sp³-hybridized carbons (Fsp3) is 0.571. The summed E-state index contributed by atoms with van der Waals surface area (Å²) in [6, 6.07) is 3.67. The van der Waals surface area contributed by atoms with Crippen LogP contribution in [0.5, 0.6) is 0 Å². The molecular weight excluding hydrogens is 356 g/mol. The number of hydrogen-bond acceptors (Lipinski definition) is 4. The second-order valence-corrected chi connectivity index (χ2v) is 7.90. The molecule has 0 bridgehead atoms. The molecule has 1 fully saturated rings. The molecule has 118 valence electrons. The summed E-state index contributed by atoms with van der Waals surface area (Å²) in [4.78, 5) is 0.334. The van der Waals surface area contributed by atoms with Gasteiger partial charge in [0.05, 0.1) is 11.5 Å². The standard InChI is InChI=1S/C14H21BrN2O3S/c1-10-13(15)5-12(7-16-2)6-14(10)21(18,19)17-8-11-3-4-20-9-11/h5-6,11,16-17H,3-4,7-9H2,1-2H3. The van der Waals surface area contributed by atoms with E-state index in [1.54, 1.807) is 13.0 Å². The van der Waals surface area contributed by atoms with Crippen molar-refractivity contribution >= 4 is 26.0 Å². The highest BCUT2D eigenvalue weighted by Gasteiger charge is 2.22. The van der Waals surface area contributed by atoms with E-state index in [1.165, 1.54) is 0 Å². The quantitative estimate of drug-likeness (QED) is 0.793. The van der Waals surface area contributed by atoms with E-state index < -0.39 is 10.0 Å². The number of sulfonamides is 1. The van der Waals surface area contributed by atoms with Crippen LogP contribution in [0.25, 0.3) is 0 Å². The SMILES string of the molecule is CNCc1cc(Br)c(C)c(S(=O)(=O)NCC2CCOC2)c1. The highest BCUT2D eigenvalue weighted by molar-refractivity contribution is 9.10. The van der Waals surface area contributed by atoms with Crippen molar-refractivity contribution in [2.24, 2.45) is 5.92 Å². The molecule has 0 aliphatic carbocycles. The Morgan fingerprint density at radius 2 is 2.19 bits per heavy atom. The van der Waals surface area contributed by atoms with Gasteiger partial charge in [-0.2, -0.15) is 0 Å². The van der Waals surface area contributed by atoms with E-state index in [4.69, 9.17) is 4.74 Å². The fourth-order valence-electron chi connectivity index (χ4n) is 2.34. The van der Waals surface area contributed by atoms with Crippen molar-refractivity contribution in [1.29, 1.82) is 0 Å². The molecule has 1 aliphatic heterocycles. The Bertz CT molecular complexity index is 598. The van der Waals surface area contributed by atoms with Crippen molar-refractivity contribution in [2.45, 2.75) is 24.8 Å². The Balaban J connectivity index is 2.21. The first-order valence-electron chi connectivity index (χ1n) is 6.95. The summed E-state index contributed by atoms with van der Waals surface area (Å²) in [7, 11) is -1.67. The maximum absolute atomic E-state index is 12.5. The van der Waals surface area contributed by atoms with Crippen LogP contribution >= 0.6 is 15.9 Å². The van der Waals surface area contributed by atoms with E-state index in [9.17, 15) is 8.42 Å². The van der Waals surface area contributed by atoms with Crippen molar-refractivity contribution in [3.63, 3.8) is 0 Å². The summed E-state index contributed by atoms with van der Waals surface area (Å²) >= 11 is 3.44. The van der Waals surface area contributed by atoms with E-state index >= 15 is 0 Å². The van der Waals surface area contributed by atoms with Gasteiger partial charge in [-0.15, -0.1) is 0 Å². The maximum Gasteiger partial charge on any atom is 0.240 e. The summed E-state index contributed by atoms with van der Waals surface area (Å²) in [6.45, 7) is 4.20. The van der Waals surface area contributed by atoms with Crippen molar-refractivity contribution < 1.29 is 13.2 Å². The Morgan fingerprint density at radius 3 is 2.81 bits per heavy atom. The Hall–Kier alpha value is -0.470. The van der Waals surface area contributed by atoms with Gasteiger partial charge in [0.2, 0.25) is 10.0 Å². The molecule has 1 heterocycles. The average Bonchev–Trinajstić information content (AvgIpc) is 2.94. The molecule has 0 amide bonds. The molecule has 5 nitrogen and oxygen atoms in total. The number of rotatable bonds is 6. The summed E-state index contributed by atoms with van der Waals surface area (Å²) in [5.41, 5.74) is 1.66. The van der Waals surface area contributed by atoms with E-state index in [0.717, 1.165) is 22.0 Å². The van der Waals surface area contributed by atoms with E-state index in [1.807, 2.05) is 13.1 Å². The smallest absolute Gasteiger partial charge is 0.240 e. The van der Waals surface area contributed by atoms with Gasteiger partial charge in [0.1, 0.15) is 0 Å². The predicted octanol–water partition coefficient (Wildman–Crippen LogP) is 1.79. The third-order valence-electron chi connectivity index (χ3n) is 3.61. The minimum atomic E-state index is -3.51. The summed E-state index contributed by atoms with van der Waals surface area (Å²) in [6.07, 6.45) is 0.908. The highest BCUT2D eigenvalue weighted by atomic mass is 79.9. The van der Waals surface area contributed by atoms with Gasteiger partial charge in [0.15, 0.2) is 0 Å². The molecule has 1 aromatic rings. The molecule has 1 unspecified atom stereocenters. The lowest BCUT2D eigenvalue weighted by Crippen LogP contribution is -2.30. The normalized spacial score (nSPS) is 19.1. The topological polar surface area (TPSA) is 67.4 Å². The number of benzene rings is 1. The highest BCUT2D eigenvalue weighted by Crippen LogP contribution is 2.26. The van der Waals surface area contributed by atoms with Crippen LogP contribution in [0.15, 0.2) is 21.5 Å². The van der Waals surface area contributed by atoms with Crippen molar-refractivity contribution in [1.82, 2.24) is 10.0 Å². The lowest BCUT2D eigenvalue weighted by molar-refractivity contribution is 0.186. The van der Waals surface area contributed by atoms with E-state index in [-0.39, 0.29) is 5.92 Å². The number of hydrogen-bond donors (Lipinski definition) is 2. The number of nitrogens with one attached hydrogen (secondary N) is 2. The summed E-state index contributed by atoms with van der Waals surface area (Å²) in [5.74, 6) is 0.268. The summed E-state index contributed by atoms with van der Waals surface area (Å²) in [5, 5.41) is 3.03. The van der Waals surface area contributed by atoms with Crippen LogP contribution in [0.1, 0.15) is 17.5 Å². The predicted molar refractivity (Wildman–Crippen MR) is 85.8 cm³/mol. The van der Waals surface area contributed by atoms with Crippen LogP contribution in [0.2, 0.25) is 0 Å². The first kappa shape index (κ1) is 16.9.